The van der Waals surface area contributed by atoms with Crippen molar-refractivity contribution >= 4 is 6.21 Å². The van der Waals surface area contributed by atoms with Crippen molar-refractivity contribution in [1.82, 2.24) is 5.32 Å². The van der Waals surface area contributed by atoms with E-state index >= 15 is 0 Å². The molecule has 1 aliphatic rings. The highest BCUT2D eigenvalue weighted by Crippen LogP contribution is 1.99. The molecule has 0 saturated heterocycles. The molecule has 1 aliphatic heterocycles. The summed E-state index contributed by atoms with van der Waals surface area (Å²) in [4.78, 5) is 4.16. The molecule has 1 heterocycles. The first-order valence-electron chi connectivity index (χ1n) is 3.30. The van der Waals surface area contributed by atoms with Crippen molar-refractivity contribution in [1.29, 1.82) is 0 Å². The number of hydrogen-bond acceptors (Lipinski definition) is 2. The second kappa shape index (κ2) is 2.67. The minimum atomic E-state index is 0.452. The third-order valence-electron chi connectivity index (χ3n) is 1.40. The maximum Gasteiger partial charge on any atom is 0.0608 e. The normalized spacial score (nSPS) is 25.1. The van der Waals surface area contributed by atoms with Gasteiger partial charge < -0.3 is 5.32 Å². The first-order chi connectivity index (χ1) is 4.33. The van der Waals surface area contributed by atoms with Gasteiger partial charge >= 0.3 is 0 Å². The second-order valence-corrected chi connectivity index (χ2v) is 2.25. The zero-order chi connectivity index (χ0) is 6.69. The second-order valence-electron chi connectivity index (χ2n) is 2.25. The van der Waals surface area contributed by atoms with Crippen LogP contribution < -0.4 is 5.32 Å². The van der Waals surface area contributed by atoms with Gasteiger partial charge in [0.2, 0.25) is 0 Å². The van der Waals surface area contributed by atoms with E-state index in [-0.39, 0.29) is 0 Å². The molecule has 0 aromatic rings. The monoisotopic (exact) mass is 124 g/mol. The fourth-order valence-corrected chi connectivity index (χ4v) is 0.739. The number of nitrogens with zero attached hydrogens (tertiary/aromatic N) is 1. The van der Waals surface area contributed by atoms with E-state index in [2.05, 4.69) is 17.2 Å². The number of allylic oxidation sites excluding steroid dienone is 1. The van der Waals surface area contributed by atoms with Gasteiger partial charge in [0.15, 0.2) is 0 Å². The van der Waals surface area contributed by atoms with Gasteiger partial charge in [-0.25, -0.2) is 0 Å². The van der Waals surface area contributed by atoms with Crippen molar-refractivity contribution < 1.29 is 0 Å². The lowest BCUT2D eigenvalue weighted by Crippen LogP contribution is -2.27. The topological polar surface area (TPSA) is 24.4 Å². The van der Waals surface area contributed by atoms with Crippen molar-refractivity contribution in [2.45, 2.75) is 26.3 Å². The van der Waals surface area contributed by atoms with Crippen molar-refractivity contribution in [2.75, 3.05) is 0 Å². The van der Waals surface area contributed by atoms with E-state index in [1.165, 1.54) is 0 Å². The quantitative estimate of drug-likeness (QED) is 0.559. The van der Waals surface area contributed by atoms with Crippen molar-refractivity contribution in [3.63, 3.8) is 0 Å². The Bertz CT molecular complexity index is 147. The van der Waals surface area contributed by atoms with E-state index in [1.54, 1.807) is 0 Å². The summed E-state index contributed by atoms with van der Waals surface area (Å²) in [6.45, 7) is 4.12. The highest BCUT2D eigenvalue weighted by atomic mass is 15.0. The van der Waals surface area contributed by atoms with E-state index in [0.29, 0.717) is 6.04 Å². The van der Waals surface area contributed by atoms with Gasteiger partial charge in [-0.05, 0) is 13.3 Å². The Morgan fingerprint density at radius 1 is 1.78 bits per heavy atom. The predicted octanol–water partition coefficient (Wildman–Crippen LogP) is 1.30. The molecule has 50 valence electrons. The molecule has 0 aliphatic carbocycles. The minimum absolute atomic E-state index is 0.452. The maximum atomic E-state index is 4.16. The number of aliphatic imine (C=N–C) groups is 1. The zero-order valence-electron chi connectivity index (χ0n) is 5.89. The van der Waals surface area contributed by atoms with E-state index in [9.17, 15) is 0 Å². The average Bonchev–Trinajstić information content (AvgIpc) is 1.90. The number of hydrogen-bond donors (Lipinski definition) is 1. The van der Waals surface area contributed by atoms with E-state index in [1.807, 2.05) is 19.3 Å². The first kappa shape index (κ1) is 6.33. The van der Waals surface area contributed by atoms with Crippen molar-refractivity contribution in [3.05, 3.63) is 11.9 Å². The SMILES string of the molecule is CCC1C=NC(C)=CN1. The lowest BCUT2D eigenvalue weighted by atomic mass is 10.2. The highest BCUT2D eigenvalue weighted by molar-refractivity contribution is 5.67. The highest BCUT2D eigenvalue weighted by Gasteiger charge is 2.01. The van der Waals surface area contributed by atoms with Crippen LogP contribution in [0.4, 0.5) is 0 Å². The first-order valence-corrected chi connectivity index (χ1v) is 3.30. The van der Waals surface area contributed by atoms with Crippen molar-refractivity contribution in [3.8, 4) is 0 Å². The molecule has 1 rings (SSSR count). The Balaban J connectivity index is 2.48. The molecule has 9 heavy (non-hydrogen) atoms. The summed E-state index contributed by atoms with van der Waals surface area (Å²) in [6.07, 6.45) is 5.01. The van der Waals surface area contributed by atoms with E-state index in [0.717, 1.165) is 12.1 Å². The van der Waals surface area contributed by atoms with E-state index < -0.39 is 0 Å². The van der Waals surface area contributed by atoms with Gasteiger partial charge in [-0.15, -0.1) is 0 Å². The lowest BCUT2D eigenvalue weighted by Gasteiger charge is -2.13. The molecule has 1 unspecified atom stereocenters. The minimum Gasteiger partial charge on any atom is -0.382 e. The predicted molar refractivity (Wildman–Crippen MR) is 39.5 cm³/mol. The smallest absolute Gasteiger partial charge is 0.0608 e. The maximum absolute atomic E-state index is 4.16. The van der Waals surface area contributed by atoms with Crippen LogP contribution in [-0.2, 0) is 0 Å². The molecule has 0 fully saturated rings. The largest absolute Gasteiger partial charge is 0.382 e. The average molecular weight is 124 g/mol. The van der Waals surface area contributed by atoms with Gasteiger partial charge in [-0.3, -0.25) is 4.99 Å². The van der Waals surface area contributed by atoms with Gasteiger partial charge in [0.25, 0.3) is 0 Å². The van der Waals surface area contributed by atoms with Crippen LogP contribution in [0, 0.1) is 0 Å². The summed E-state index contributed by atoms with van der Waals surface area (Å²) in [5, 5.41) is 3.21. The molecule has 1 N–H and O–H groups in total. The number of nitrogens with one attached hydrogen (secondary N) is 1. The molecule has 0 radical (unpaired) electrons. The Kier molecular flexibility index (Phi) is 1.88. The standard InChI is InChI=1S/C7H12N2/c1-3-7-5-8-6(2)4-9-7/h4-5,7,9H,3H2,1-2H3. The molecule has 0 aromatic carbocycles. The Labute approximate surface area is 55.7 Å². The molecule has 0 bridgehead atoms. The lowest BCUT2D eigenvalue weighted by molar-refractivity contribution is 0.704. The van der Waals surface area contributed by atoms with Crippen LogP contribution in [0.1, 0.15) is 20.3 Å². The Morgan fingerprint density at radius 2 is 2.56 bits per heavy atom. The van der Waals surface area contributed by atoms with Crippen LogP contribution in [0.25, 0.3) is 0 Å². The Morgan fingerprint density at radius 3 is 3.00 bits per heavy atom. The van der Waals surface area contributed by atoms with Gasteiger partial charge in [0.05, 0.1) is 11.7 Å². The van der Waals surface area contributed by atoms with Crippen LogP contribution >= 0.6 is 0 Å². The van der Waals surface area contributed by atoms with E-state index in [4.69, 9.17) is 0 Å². The summed E-state index contributed by atoms with van der Waals surface area (Å²) in [6, 6.07) is 0.452. The summed E-state index contributed by atoms with van der Waals surface area (Å²) >= 11 is 0. The van der Waals surface area contributed by atoms with Crippen LogP contribution in [0.3, 0.4) is 0 Å². The molecule has 0 amide bonds. The fraction of sp³-hybridized carbons (Fsp3) is 0.571. The molecular formula is C7H12N2. The van der Waals surface area contributed by atoms with Crippen molar-refractivity contribution in [2.24, 2.45) is 4.99 Å². The number of rotatable bonds is 1. The zero-order valence-corrected chi connectivity index (χ0v) is 5.89. The summed E-state index contributed by atoms with van der Waals surface area (Å²) < 4.78 is 0. The summed E-state index contributed by atoms with van der Waals surface area (Å²) in [5.41, 5.74) is 1.06. The van der Waals surface area contributed by atoms with Crippen LogP contribution in [0.15, 0.2) is 16.9 Å². The van der Waals surface area contributed by atoms with Crippen LogP contribution in [0.2, 0.25) is 0 Å². The van der Waals surface area contributed by atoms with Gasteiger partial charge in [-0.2, -0.15) is 0 Å². The molecule has 1 atom stereocenters. The summed E-state index contributed by atoms with van der Waals surface area (Å²) in [7, 11) is 0. The van der Waals surface area contributed by atoms with Gasteiger partial charge in [0, 0.05) is 12.4 Å². The third kappa shape index (κ3) is 1.56. The molecular weight excluding hydrogens is 112 g/mol. The fourth-order valence-electron chi connectivity index (χ4n) is 0.739. The van der Waals surface area contributed by atoms with Gasteiger partial charge in [0.1, 0.15) is 0 Å². The van der Waals surface area contributed by atoms with Gasteiger partial charge in [-0.1, -0.05) is 6.92 Å². The molecule has 0 spiro atoms. The molecule has 0 aromatic heterocycles. The Hall–Kier alpha value is -0.790. The van der Waals surface area contributed by atoms with Crippen LogP contribution in [0.5, 0.6) is 0 Å². The molecule has 0 saturated carbocycles. The summed E-state index contributed by atoms with van der Waals surface area (Å²) in [5.74, 6) is 0. The van der Waals surface area contributed by atoms with Crippen LogP contribution in [-0.4, -0.2) is 12.3 Å². The molecule has 2 heteroatoms. The third-order valence-corrected chi connectivity index (χ3v) is 1.40. The molecule has 2 nitrogen and oxygen atoms in total.